The van der Waals surface area contributed by atoms with Crippen LogP contribution in [0.25, 0.3) is 0 Å². The van der Waals surface area contributed by atoms with E-state index in [2.05, 4.69) is 5.32 Å². The lowest BCUT2D eigenvalue weighted by molar-refractivity contribution is -0.149. The Labute approximate surface area is 145 Å². The maximum atomic E-state index is 12.1. The number of ketones is 1. The zero-order chi connectivity index (χ0) is 18.2. The van der Waals surface area contributed by atoms with Crippen LogP contribution in [0.4, 0.5) is 5.69 Å². The van der Waals surface area contributed by atoms with Gasteiger partial charge < -0.3 is 14.8 Å². The van der Waals surface area contributed by atoms with E-state index in [0.717, 1.165) is 0 Å². The minimum Gasteiger partial charge on any atom is -0.479 e. The van der Waals surface area contributed by atoms with Crippen molar-refractivity contribution in [1.29, 1.82) is 0 Å². The zero-order valence-electron chi connectivity index (χ0n) is 14.0. The van der Waals surface area contributed by atoms with Gasteiger partial charge in [-0.3, -0.25) is 9.59 Å². The summed E-state index contributed by atoms with van der Waals surface area (Å²) in [6, 6.07) is 15.2. The van der Waals surface area contributed by atoms with E-state index in [9.17, 15) is 14.4 Å². The standard InChI is InChI=1S/C19H19NO5/c1-13(25-17-6-4-3-5-7-17)19(23)24-12-18(22)15-8-10-16(11-9-15)20-14(2)21/h3-11,13H,12H2,1-2H3,(H,20,21)/t13-/m0/s1. The predicted molar refractivity (Wildman–Crippen MR) is 92.6 cm³/mol. The topological polar surface area (TPSA) is 81.7 Å². The molecule has 0 unspecified atom stereocenters. The predicted octanol–water partition coefficient (Wildman–Crippen LogP) is 2.84. The minimum atomic E-state index is -0.822. The first-order chi connectivity index (χ1) is 12.0. The van der Waals surface area contributed by atoms with Gasteiger partial charge in [0.1, 0.15) is 5.75 Å². The summed E-state index contributed by atoms with van der Waals surface area (Å²) in [6.07, 6.45) is -0.822. The largest absolute Gasteiger partial charge is 0.479 e. The Morgan fingerprint density at radius 3 is 2.24 bits per heavy atom. The first kappa shape index (κ1) is 18.2. The van der Waals surface area contributed by atoms with Crippen molar-refractivity contribution in [2.24, 2.45) is 0 Å². The van der Waals surface area contributed by atoms with Crippen molar-refractivity contribution in [2.75, 3.05) is 11.9 Å². The normalized spacial score (nSPS) is 11.3. The van der Waals surface area contributed by atoms with Crippen molar-refractivity contribution >= 4 is 23.3 Å². The van der Waals surface area contributed by atoms with Gasteiger partial charge in [-0.1, -0.05) is 18.2 Å². The van der Waals surface area contributed by atoms with Gasteiger partial charge in [0, 0.05) is 18.2 Å². The van der Waals surface area contributed by atoms with Gasteiger partial charge in [-0.25, -0.2) is 4.79 Å². The lowest BCUT2D eigenvalue weighted by atomic mass is 10.1. The minimum absolute atomic E-state index is 0.194. The molecule has 0 spiro atoms. The quantitative estimate of drug-likeness (QED) is 0.618. The Morgan fingerprint density at radius 1 is 1.00 bits per heavy atom. The van der Waals surface area contributed by atoms with E-state index in [1.54, 1.807) is 55.5 Å². The average Bonchev–Trinajstić information content (AvgIpc) is 2.60. The smallest absolute Gasteiger partial charge is 0.347 e. The maximum absolute atomic E-state index is 12.1. The van der Waals surface area contributed by atoms with E-state index < -0.39 is 12.1 Å². The Hall–Kier alpha value is -3.15. The van der Waals surface area contributed by atoms with Gasteiger partial charge >= 0.3 is 5.97 Å². The van der Waals surface area contributed by atoms with E-state index >= 15 is 0 Å². The summed E-state index contributed by atoms with van der Waals surface area (Å²) in [4.78, 5) is 34.9. The molecule has 0 heterocycles. The molecule has 0 saturated heterocycles. The molecule has 0 radical (unpaired) electrons. The number of nitrogens with one attached hydrogen (secondary N) is 1. The monoisotopic (exact) mass is 341 g/mol. The van der Waals surface area contributed by atoms with Gasteiger partial charge in [0.15, 0.2) is 18.5 Å². The van der Waals surface area contributed by atoms with Crippen LogP contribution in [0.3, 0.4) is 0 Å². The van der Waals surface area contributed by atoms with Gasteiger partial charge in [0.25, 0.3) is 0 Å². The van der Waals surface area contributed by atoms with E-state index in [0.29, 0.717) is 17.0 Å². The number of ether oxygens (including phenoxy) is 2. The first-order valence-electron chi connectivity index (χ1n) is 7.75. The second-order valence-electron chi connectivity index (χ2n) is 5.36. The molecule has 130 valence electrons. The summed E-state index contributed by atoms with van der Waals surface area (Å²) in [6.45, 7) is 2.58. The molecule has 0 aliphatic rings. The summed E-state index contributed by atoms with van der Waals surface area (Å²) in [7, 11) is 0. The number of hydrogen-bond acceptors (Lipinski definition) is 5. The highest BCUT2D eigenvalue weighted by atomic mass is 16.6. The zero-order valence-corrected chi connectivity index (χ0v) is 14.0. The average molecular weight is 341 g/mol. The number of amides is 1. The van der Waals surface area contributed by atoms with Crippen LogP contribution in [0.15, 0.2) is 54.6 Å². The Kier molecular flexibility index (Phi) is 6.28. The molecule has 2 rings (SSSR count). The van der Waals surface area contributed by atoms with Crippen molar-refractivity contribution in [2.45, 2.75) is 20.0 Å². The number of benzene rings is 2. The fourth-order valence-corrected chi connectivity index (χ4v) is 2.03. The molecule has 6 heteroatoms. The van der Waals surface area contributed by atoms with Crippen LogP contribution in [0.5, 0.6) is 5.75 Å². The van der Waals surface area contributed by atoms with Gasteiger partial charge in [-0.05, 0) is 43.3 Å². The maximum Gasteiger partial charge on any atom is 0.347 e. The van der Waals surface area contributed by atoms with Crippen LogP contribution < -0.4 is 10.1 Å². The highest BCUT2D eigenvalue weighted by molar-refractivity contribution is 5.98. The van der Waals surface area contributed by atoms with Crippen molar-refractivity contribution in [3.8, 4) is 5.75 Å². The number of para-hydroxylation sites is 1. The van der Waals surface area contributed by atoms with E-state index in [-0.39, 0.29) is 18.3 Å². The molecule has 1 amide bonds. The molecule has 0 aliphatic heterocycles. The second kappa shape index (κ2) is 8.63. The number of anilines is 1. The van der Waals surface area contributed by atoms with Crippen molar-refractivity contribution in [3.63, 3.8) is 0 Å². The van der Waals surface area contributed by atoms with Crippen LogP contribution in [-0.2, 0) is 14.3 Å². The Bertz CT molecular complexity index is 740. The fourth-order valence-electron chi connectivity index (χ4n) is 2.03. The molecule has 0 bridgehead atoms. The molecule has 0 fully saturated rings. The molecule has 0 saturated carbocycles. The highest BCUT2D eigenvalue weighted by Gasteiger charge is 2.18. The second-order valence-corrected chi connectivity index (χ2v) is 5.36. The number of carbonyl (C=O) groups is 3. The summed E-state index contributed by atoms with van der Waals surface area (Å²) >= 11 is 0. The molecular weight excluding hydrogens is 322 g/mol. The number of Topliss-reactive ketones (excluding diaryl/α,β-unsaturated/α-hetero) is 1. The molecule has 2 aromatic rings. The number of carbonyl (C=O) groups excluding carboxylic acids is 3. The molecule has 0 aromatic heterocycles. The highest BCUT2D eigenvalue weighted by Crippen LogP contribution is 2.12. The molecular formula is C19H19NO5. The number of hydrogen-bond donors (Lipinski definition) is 1. The molecule has 0 aliphatic carbocycles. The third kappa shape index (κ3) is 5.76. The SMILES string of the molecule is CC(=O)Nc1ccc(C(=O)COC(=O)[C@H](C)Oc2ccccc2)cc1. The van der Waals surface area contributed by atoms with Gasteiger partial charge in [-0.2, -0.15) is 0 Å². The van der Waals surface area contributed by atoms with Gasteiger partial charge in [0.2, 0.25) is 5.91 Å². The molecule has 2 aromatic carbocycles. The summed E-state index contributed by atoms with van der Waals surface area (Å²) in [5, 5.41) is 2.61. The van der Waals surface area contributed by atoms with Crippen molar-refractivity contribution in [1.82, 2.24) is 0 Å². The lowest BCUT2D eigenvalue weighted by Gasteiger charge is -2.13. The summed E-state index contributed by atoms with van der Waals surface area (Å²) in [5.41, 5.74) is 0.976. The van der Waals surface area contributed by atoms with Crippen LogP contribution in [0.1, 0.15) is 24.2 Å². The van der Waals surface area contributed by atoms with E-state index in [4.69, 9.17) is 9.47 Å². The molecule has 6 nitrogen and oxygen atoms in total. The first-order valence-corrected chi connectivity index (χ1v) is 7.75. The van der Waals surface area contributed by atoms with E-state index in [1.165, 1.54) is 6.92 Å². The molecule has 25 heavy (non-hydrogen) atoms. The fraction of sp³-hybridized carbons (Fsp3) is 0.211. The van der Waals surface area contributed by atoms with Crippen molar-refractivity contribution in [3.05, 3.63) is 60.2 Å². The van der Waals surface area contributed by atoms with Crippen LogP contribution >= 0.6 is 0 Å². The van der Waals surface area contributed by atoms with E-state index in [1.807, 2.05) is 6.07 Å². The lowest BCUT2D eigenvalue weighted by Crippen LogP contribution is -2.28. The summed E-state index contributed by atoms with van der Waals surface area (Å²) in [5.74, 6) is -0.603. The third-order valence-electron chi connectivity index (χ3n) is 3.26. The third-order valence-corrected chi connectivity index (χ3v) is 3.26. The summed E-state index contributed by atoms with van der Waals surface area (Å²) < 4.78 is 10.4. The van der Waals surface area contributed by atoms with Crippen molar-refractivity contribution < 1.29 is 23.9 Å². The van der Waals surface area contributed by atoms with Gasteiger partial charge in [-0.15, -0.1) is 0 Å². The van der Waals surface area contributed by atoms with Gasteiger partial charge in [0.05, 0.1) is 0 Å². The Morgan fingerprint density at radius 2 is 1.64 bits per heavy atom. The Balaban J connectivity index is 1.84. The van der Waals surface area contributed by atoms with Crippen LogP contribution in [0.2, 0.25) is 0 Å². The number of rotatable bonds is 7. The van der Waals surface area contributed by atoms with Crippen LogP contribution in [-0.4, -0.2) is 30.4 Å². The van der Waals surface area contributed by atoms with Crippen LogP contribution in [0, 0.1) is 0 Å². The number of esters is 1. The molecule has 1 N–H and O–H groups in total. The molecule has 1 atom stereocenters.